The Labute approximate surface area is 136 Å². The Bertz CT molecular complexity index is 600. The number of aromatic nitrogens is 1. The molecule has 0 unspecified atom stereocenters. The van der Waals surface area contributed by atoms with Crippen LogP contribution in [0.5, 0.6) is 0 Å². The maximum absolute atomic E-state index is 12.4. The molecule has 2 amide bonds. The molecule has 1 fully saturated rings. The van der Waals surface area contributed by atoms with E-state index in [1.165, 1.54) is 23.3 Å². The third kappa shape index (κ3) is 4.01. The van der Waals surface area contributed by atoms with Crippen molar-refractivity contribution in [3.8, 4) is 0 Å². The molecule has 0 N–H and O–H groups in total. The Morgan fingerprint density at radius 2 is 2.17 bits per heavy atom. The minimum atomic E-state index is -4.44. The molecular weight excluding hydrogens is 331 g/mol. The van der Waals surface area contributed by atoms with Gasteiger partial charge in [0.05, 0.1) is 5.01 Å². The maximum Gasteiger partial charge on any atom is 0.406 e. The lowest BCUT2D eigenvalue weighted by molar-refractivity contribution is -0.158. The van der Waals surface area contributed by atoms with Crippen LogP contribution in [-0.4, -0.2) is 59.0 Å². The topological polar surface area (TPSA) is 53.5 Å². The lowest BCUT2D eigenvalue weighted by Crippen LogP contribution is -2.44. The highest BCUT2D eigenvalue weighted by molar-refractivity contribution is 7.09. The second kappa shape index (κ2) is 6.46. The average molecular weight is 349 g/mol. The lowest BCUT2D eigenvalue weighted by atomic mass is 10.2. The molecule has 1 aliphatic heterocycles. The number of alkyl halides is 3. The summed E-state index contributed by atoms with van der Waals surface area (Å²) in [4.78, 5) is 30.6. The summed E-state index contributed by atoms with van der Waals surface area (Å²) in [6.45, 7) is 2.62. The van der Waals surface area contributed by atoms with E-state index in [9.17, 15) is 22.8 Å². The smallest absolute Gasteiger partial charge is 0.332 e. The van der Waals surface area contributed by atoms with E-state index in [4.69, 9.17) is 0 Å². The van der Waals surface area contributed by atoms with Gasteiger partial charge in [0.25, 0.3) is 5.91 Å². The van der Waals surface area contributed by atoms with E-state index >= 15 is 0 Å². The van der Waals surface area contributed by atoms with Gasteiger partial charge in [-0.1, -0.05) is 13.8 Å². The van der Waals surface area contributed by atoms with Gasteiger partial charge in [-0.15, -0.1) is 11.3 Å². The second-order valence-corrected chi connectivity index (χ2v) is 6.71. The maximum atomic E-state index is 12.4. The third-order valence-electron chi connectivity index (χ3n) is 3.66. The van der Waals surface area contributed by atoms with Gasteiger partial charge in [-0.25, -0.2) is 4.98 Å². The lowest BCUT2D eigenvalue weighted by Gasteiger charge is -2.23. The first-order valence-electron chi connectivity index (χ1n) is 7.18. The fraction of sp³-hybridized carbons (Fsp3) is 0.643. The van der Waals surface area contributed by atoms with Gasteiger partial charge in [0.2, 0.25) is 5.91 Å². The summed E-state index contributed by atoms with van der Waals surface area (Å²) in [5, 5.41) is 2.42. The number of nitrogens with zero attached hydrogens (tertiary/aromatic N) is 3. The van der Waals surface area contributed by atoms with Crippen molar-refractivity contribution in [3.63, 3.8) is 0 Å². The van der Waals surface area contributed by atoms with Gasteiger partial charge < -0.3 is 9.80 Å². The van der Waals surface area contributed by atoms with E-state index in [1.54, 1.807) is 5.38 Å². The molecule has 0 aromatic carbocycles. The number of halogens is 3. The van der Waals surface area contributed by atoms with Crippen molar-refractivity contribution in [2.45, 2.75) is 38.4 Å². The van der Waals surface area contributed by atoms with E-state index in [1.807, 2.05) is 13.8 Å². The summed E-state index contributed by atoms with van der Waals surface area (Å²) in [7, 11) is 1.43. The van der Waals surface area contributed by atoms with Crippen molar-refractivity contribution in [3.05, 3.63) is 16.1 Å². The highest BCUT2D eigenvalue weighted by Crippen LogP contribution is 2.25. The van der Waals surface area contributed by atoms with Gasteiger partial charge >= 0.3 is 6.18 Å². The number of thiazole rings is 1. The van der Waals surface area contributed by atoms with E-state index in [0.717, 1.165) is 9.91 Å². The molecule has 1 aromatic rings. The van der Waals surface area contributed by atoms with E-state index in [-0.39, 0.29) is 24.6 Å². The van der Waals surface area contributed by atoms with Gasteiger partial charge in [0.1, 0.15) is 18.3 Å². The van der Waals surface area contributed by atoms with E-state index in [0.29, 0.717) is 0 Å². The number of hydrogen-bond donors (Lipinski definition) is 0. The number of carbonyl (C=O) groups is 2. The fourth-order valence-corrected chi connectivity index (χ4v) is 3.24. The van der Waals surface area contributed by atoms with Gasteiger partial charge in [-0.05, 0) is 6.42 Å². The molecule has 1 atom stereocenters. The first-order valence-corrected chi connectivity index (χ1v) is 8.06. The van der Waals surface area contributed by atoms with E-state index in [2.05, 4.69) is 4.98 Å². The predicted molar refractivity (Wildman–Crippen MR) is 79.3 cm³/mol. The van der Waals surface area contributed by atoms with Crippen molar-refractivity contribution in [1.82, 2.24) is 14.8 Å². The standard InChI is InChI=1S/C14H18F3N3O2S/c1-8(2)11-18-9(6-23-11)12(21)19(3)10-4-5-20(13(10)22)7-14(15,16)17/h6,8,10H,4-5,7H2,1-3H3/t10-/m0/s1. The highest BCUT2D eigenvalue weighted by atomic mass is 32.1. The number of rotatable bonds is 4. The summed E-state index contributed by atoms with van der Waals surface area (Å²) < 4.78 is 37.3. The van der Waals surface area contributed by atoms with E-state index < -0.39 is 30.6 Å². The quantitative estimate of drug-likeness (QED) is 0.839. The average Bonchev–Trinajstić information content (AvgIpc) is 3.04. The SMILES string of the molecule is CC(C)c1nc(C(=O)N(C)[C@H]2CCN(CC(F)(F)F)C2=O)cs1. The molecule has 1 aromatic heterocycles. The van der Waals surface area contributed by atoms with Crippen LogP contribution >= 0.6 is 11.3 Å². The monoisotopic (exact) mass is 349 g/mol. The molecule has 0 spiro atoms. The molecule has 2 rings (SSSR count). The Morgan fingerprint density at radius 3 is 2.70 bits per heavy atom. The highest BCUT2D eigenvalue weighted by Gasteiger charge is 2.42. The minimum Gasteiger partial charge on any atom is -0.332 e. The molecule has 2 heterocycles. The largest absolute Gasteiger partial charge is 0.406 e. The van der Waals surface area contributed by atoms with Crippen LogP contribution in [0.1, 0.15) is 41.7 Å². The van der Waals surface area contributed by atoms with Gasteiger partial charge in [0, 0.05) is 24.9 Å². The number of likely N-dealkylation sites (tertiary alicyclic amines) is 1. The van der Waals surface area contributed by atoms with Crippen molar-refractivity contribution in [1.29, 1.82) is 0 Å². The molecule has 128 valence electrons. The van der Waals surface area contributed by atoms with Crippen LogP contribution in [0.15, 0.2) is 5.38 Å². The van der Waals surface area contributed by atoms with Crippen LogP contribution < -0.4 is 0 Å². The predicted octanol–water partition coefficient (Wildman–Crippen LogP) is 2.50. The first-order chi connectivity index (χ1) is 10.6. The Morgan fingerprint density at radius 1 is 1.52 bits per heavy atom. The first kappa shape index (κ1) is 17.7. The Kier molecular flexibility index (Phi) is 4.98. The van der Waals surface area contributed by atoms with Gasteiger partial charge in [-0.2, -0.15) is 13.2 Å². The third-order valence-corrected chi connectivity index (χ3v) is 4.81. The normalized spacial score (nSPS) is 18.8. The minimum absolute atomic E-state index is 0.00502. The van der Waals surface area contributed by atoms with Gasteiger partial charge in [0.15, 0.2) is 0 Å². The number of amides is 2. The van der Waals surface area contributed by atoms with Crippen molar-refractivity contribution in [2.75, 3.05) is 20.1 Å². The van der Waals surface area contributed by atoms with Crippen LogP contribution in [-0.2, 0) is 4.79 Å². The molecular formula is C14H18F3N3O2S. The zero-order valence-electron chi connectivity index (χ0n) is 13.1. The Balaban J connectivity index is 2.06. The molecule has 0 aliphatic carbocycles. The molecule has 9 heteroatoms. The summed E-state index contributed by atoms with van der Waals surface area (Å²) in [5.41, 5.74) is 0.225. The number of hydrogen-bond acceptors (Lipinski definition) is 4. The second-order valence-electron chi connectivity index (χ2n) is 5.82. The summed E-state index contributed by atoms with van der Waals surface area (Å²) >= 11 is 1.35. The summed E-state index contributed by atoms with van der Waals surface area (Å²) in [5.74, 6) is -0.930. The van der Waals surface area contributed by atoms with Crippen LogP contribution in [0.2, 0.25) is 0 Å². The molecule has 0 bridgehead atoms. The van der Waals surface area contributed by atoms with Crippen molar-refractivity contribution in [2.24, 2.45) is 0 Å². The molecule has 5 nitrogen and oxygen atoms in total. The Hall–Kier alpha value is -1.64. The number of likely N-dealkylation sites (N-methyl/N-ethyl adjacent to an activating group) is 1. The molecule has 23 heavy (non-hydrogen) atoms. The molecule has 1 aliphatic rings. The summed E-state index contributed by atoms with van der Waals surface area (Å²) in [6.07, 6.45) is -4.24. The van der Waals surface area contributed by atoms with Gasteiger partial charge in [-0.3, -0.25) is 9.59 Å². The zero-order valence-corrected chi connectivity index (χ0v) is 13.9. The van der Waals surface area contributed by atoms with Crippen LogP contribution in [0.25, 0.3) is 0 Å². The van der Waals surface area contributed by atoms with Crippen LogP contribution in [0, 0.1) is 0 Å². The fourth-order valence-electron chi connectivity index (χ4n) is 2.43. The van der Waals surface area contributed by atoms with Crippen molar-refractivity contribution < 1.29 is 22.8 Å². The van der Waals surface area contributed by atoms with Crippen molar-refractivity contribution >= 4 is 23.2 Å². The van der Waals surface area contributed by atoms with Crippen LogP contribution in [0.4, 0.5) is 13.2 Å². The molecule has 1 saturated heterocycles. The molecule has 0 saturated carbocycles. The molecule has 0 radical (unpaired) electrons. The zero-order chi connectivity index (χ0) is 17.4. The van der Waals surface area contributed by atoms with Crippen LogP contribution in [0.3, 0.4) is 0 Å². The summed E-state index contributed by atoms with van der Waals surface area (Å²) in [6, 6.07) is -0.867. The number of carbonyl (C=O) groups excluding carboxylic acids is 2.